The molecule has 31 heavy (non-hydrogen) atoms. The van der Waals surface area contributed by atoms with Crippen LogP contribution in [-0.4, -0.2) is 40.7 Å². The highest BCUT2D eigenvalue weighted by Crippen LogP contribution is 2.40. The van der Waals surface area contributed by atoms with E-state index in [9.17, 15) is 32.3 Å². The molecule has 0 saturated heterocycles. The molecule has 0 aromatic heterocycles. The number of rotatable bonds is 4. The number of nitrogens with one attached hydrogen (secondary N) is 3. The largest absolute Gasteiger partial charge is 0.452 e. The number of esters is 1. The minimum absolute atomic E-state index is 0.00653. The maximum Gasteiger partial charge on any atom is 0.416 e. The summed E-state index contributed by atoms with van der Waals surface area (Å²) in [5.41, 5.74) is -1.47. The van der Waals surface area contributed by atoms with E-state index in [0.717, 1.165) is 23.9 Å². The molecule has 8 nitrogen and oxygen atoms in total. The second-order valence-electron chi connectivity index (χ2n) is 7.83. The maximum absolute atomic E-state index is 12.8. The number of benzene rings is 1. The number of amides is 4. The van der Waals surface area contributed by atoms with Gasteiger partial charge in [0.1, 0.15) is 0 Å². The van der Waals surface area contributed by atoms with E-state index in [2.05, 4.69) is 10.6 Å². The fraction of sp³-hybridized carbons (Fsp3) is 0.474. The third kappa shape index (κ3) is 7.16. The lowest BCUT2D eigenvalue weighted by Gasteiger charge is -2.25. The van der Waals surface area contributed by atoms with E-state index >= 15 is 0 Å². The molecule has 2 atom stereocenters. The van der Waals surface area contributed by atoms with Gasteiger partial charge in [0.15, 0.2) is 6.10 Å². The molecule has 1 aromatic rings. The average Bonchev–Trinajstić information content (AvgIpc) is 2.59. The summed E-state index contributed by atoms with van der Waals surface area (Å²) in [6.45, 7) is 6.42. The minimum Gasteiger partial charge on any atom is -0.452 e. The summed E-state index contributed by atoms with van der Waals surface area (Å²) in [4.78, 5) is 48.4. The van der Waals surface area contributed by atoms with Crippen LogP contribution in [0.25, 0.3) is 0 Å². The fourth-order valence-electron chi connectivity index (χ4n) is 2.50. The van der Waals surface area contributed by atoms with Gasteiger partial charge in [0, 0.05) is 10.4 Å². The van der Waals surface area contributed by atoms with Gasteiger partial charge in [0.2, 0.25) is 5.91 Å². The van der Waals surface area contributed by atoms with Crippen LogP contribution in [0.3, 0.4) is 0 Å². The van der Waals surface area contributed by atoms with E-state index < -0.39 is 58.9 Å². The first-order valence-electron chi connectivity index (χ1n) is 9.17. The van der Waals surface area contributed by atoms with E-state index in [4.69, 9.17) is 4.74 Å². The zero-order chi connectivity index (χ0) is 23.6. The first-order valence-corrected chi connectivity index (χ1v) is 10.0. The van der Waals surface area contributed by atoms with Crippen molar-refractivity contribution in [3.8, 4) is 0 Å². The van der Waals surface area contributed by atoms with Crippen molar-refractivity contribution in [2.24, 2.45) is 0 Å². The zero-order valence-electron chi connectivity index (χ0n) is 17.2. The number of imide groups is 1. The number of urea groups is 1. The fourth-order valence-corrected chi connectivity index (χ4v) is 3.57. The van der Waals surface area contributed by atoms with Crippen molar-refractivity contribution in [1.29, 1.82) is 0 Å². The standard InChI is InChI=1S/C19H22F3N3O5S/c1-9(15(27)24-17(29)25-18(2,3)4)30-14(26)8-13-16(28)23-11-7-10(19(20,21)22)5-6-12(11)31-13/h5-7,9,13H,8H2,1-4H3,(H,23,28)(H2,24,25,27,29). The van der Waals surface area contributed by atoms with Crippen LogP contribution in [0.5, 0.6) is 0 Å². The van der Waals surface area contributed by atoms with Crippen molar-refractivity contribution in [2.75, 3.05) is 5.32 Å². The molecule has 1 heterocycles. The quantitative estimate of drug-likeness (QED) is 0.594. The molecule has 1 aliphatic heterocycles. The zero-order valence-corrected chi connectivity index (χ0v) is 18.0. The summed E-state index contributed by atoms with van der Waals surface area (Å²) in [5.74, 6) is -2.38. The molecule has 1 aromatic carbocycles. The van der Waals surface area contributed by atoms with Gasteiger partial charge in [-0.1, -0.05) is 0 Å². The van der Waals surface area contributed by atoms with Gasteiger partial charge in [-0.05, 0) is 45.9 Å². The second kappa shape index (κ2) is 9.16. The Balaban J connectivity index is 1.93. The van der Waals surface area contributed by atoms with E-state index in [-0.39, 0.29) is 5.69 Å². The Hall–Kier alpha value is -2.76. The molecule has 170 valence electrons. The first-order chi connectivity index (χ1) is 14.2. The molecule has 0 spiro atoms. The van der Waals surface area contributed by atoms with Gasteiger partial charge in [0.05, 0.1) is 22.9 Å². The van der Waals surface area contributed by atoms with Gasteiger partial charge in [-0.3, -0.25) is 19.7 Å². The van der Waals surface area contributed by atoms with E-state index in [1.54, 1.807) is 20.8 Å². The number of fused-ring (bicyclic) bond motifs is 1. The van der Waals surface area contributed by atoms with Crippen molar-refractivity contribution >= 4 is 41.3 Å². The van der Waals surface area contributed by atoms with E-state index in [0.29, 0.717) is 4.90 Å². The maximum atomic E-state index is 12.8. The number of halogens is 3. The highest BCUT2D eigenvalue weighted by Gasteiger charge is 2.35. The highest BCUT2D eigenvalue weighted by molar-refractivity contribution is 8.01. The van der Waals surface area contributed by atoms with E-state index in [1.165, 1.54) is 13.0 Å². The molecule has 0 bridgehead atoms. The number of alkyl halides is 3. The Kier molecular flexibility index (Phi) is 7.25. The number of carbonyl (C=O) groups excluding carboxylic acids is 4. The van der Waals surface area contributed by atoms with Gasteiger partial charge in [-0.15, -0.1) is 11.8 Å². The van der Waals surface area contributed by atoms with Crippen LogP contribution in [0.4, 0.5) is 23.7 Å². The molecule has 0 radical (unpaired) electrons. The summed E-state index contributed by atoms with van der Waals surface area (Å²) in [5, 5.41) is 5.96. The number of carbonyl (C=O) groups is 4. The van der Waals surface area contributed by atoms with E-state index in [1.807, 2.05) is 5.32 Å². The molecule has 0 aliphatic carbocycles. The normalized spacial score (nSPS) is 17.1. The van der Waals surface area contributed by atoms with Crippen LogP contribution < -0.4 is 16.0 Å². The van der Waals surface area contributed by atoms with Crippen molar-refractivity contribution in [1.82, 2.24) is 10.6 Å². The SMILES string of the molecule is CC(OC(=O)CC1Sc2ccc(C(F)(F)F)cc2NC1=O)C(=O)NC(=O)NC(C)(C)C. The Morgan fingerprint density at radius 1 is 1.23 bits per heavy atom. The lowest BCUT2D eigenvalue weighted by atomic mass is 10.1. The number of hydrogen-bond donors (Lipinski definition) is 3. The smallest absolute Gasteiger partial charge is 0.416 e. The van der Waals surface area contributed by atoms with Gasteiger partial charge in [0.25, 0.3) is 5.91 Å². The summed E-state index contributed by atoms with van der Waals surface area (Å²) >= 11 is 0.920. The highest BCUT2D eigenvalue weighted by atomic mass is 32.2. The summed E-state index contributed by atoms with van der Waals surface area (Å²) in [6.07, 6.45) is -6.26. The lowest BCUT2D eigenvalue weighted by molar-refractivity contribution is -0.154. The third-order valence-corrected chi connectivity index (χ3v) is 5.16. The van der Waals surface area contributed by atoms with Crippen molar-refractivity contribution < 1.29 is 37.1 Å². The molecule has 4 amide bonds. The number of thioether (sulfide) groups is 1. The second-order valence-corrected chi connectivity index (χ2v) is 9.08. The number of ether oxygens (including phenoxy) is 1. The molecular weight excluding hydrogens is 439 g/mol. The molecule has 0 saturated carbocycles. The minimum atomic E-state index is -4.55. The molecule has 3 N–H and O–H groups in total. The van der Waals surface area contributed by atoms with Crippen molar-refractivity contribution in [3.63, 3.8) is 0 Å². The first kappa shape index (κ1) is 24.5. The van der Waals surface area contributed by atoms with Gasteiger partial charge in [-0.25, -0.2) is 4.79 Å². The summed E-state index contributed by atoms with van der Waals surface area (Å²) < 4.78 is 43.4. The van der Waals surface area contributed by atoms with Crippen LogP contribution in [0.2, 0.25) is 0 Å². The average molecular weight is 461 g/mol. The van der Waals surface area contributed by atoms with Crippen LogP contribution in [-0.2, 0) is 25.3 Å². The lowest BCUT2D eigenvalue weighted by Crippen LogP contribution is -2.50. The van der Waals surface area contributed by atoms with Crippen molar-refractivity contribution in [2.45, 2.75) is 62.1 Å². The number of hydrogen-bond acceptors (Lipinski definition) is 6. The molecule has 2 unspecified atom stereocenters. The molecule has 2 rings (SSSR count). The van der Waals surface area contributed by atoms with Crippen LogP contribution in [0, 0.1) is 0 Å². The summed E-state index contributed by atoms with van der Waals surface area (Å²) in [7, 11) is 0. The van der Waals surface area contributed by atoms with Gasteiger partial charge in [-0.2, -0.15) is 13.2 Å². The molecule has 12 heteroatoms. The Morgan fingerprint density at radius 2 is 1.87 bits per heavy atom. The van der Waals surface area contributed by atoms with Crippen molar-refractivity contribution in [3.05, 3.63) is 23.8 Å². The predicted octanol–water partition coefficient (Wildman–Crippen LogP) is 3.06. The van der Waals surface area contributed by atoms with Crippen LogP contribution in [0.1, 0.15) is 39.7 Å². The summed E-state index contributed by atoms with van der Waals surface area (Å²) in [6, 6.07) is 2.17. The molecular formula is C19H22F3N3O5S. The monoisotopic (exact) mass is 461 g/mol. The topological polar surface area (TPSA) is 114 Å². The Morgan fingerprint density at radius 3 is 2.45 bits per heavy atom. The van der Waals surface area contributed by atoms with Crippen LogP contribution in [0.15, 0.2) is 23.1 Å². The molecule has 1 aliphatic rings. The van der Waals surface area contributed by atoms with Gasteiger partial charge < -0.3 is 15.4 Å². The molecule has 0 fully saturated rings. The van der Waals surface area contributed by atoms with Crippen LogP contribution >= 0.6 is 11.8 Å². The van der Waals surface area contributed by atoms with Gasteiger partial charge >= 0.3 is 18.2 Å². The predicted molar refractivity (Wildman–Crippen MR) is 106 cm³/mol. The Labute approximate surface area is 180 Å². The third-order valence-electron chi connectivity index (χ3n) is 3.88. The Bertz CT molecular complexity index is 899. The number of anilines is 1.